The molecule has 29 heavy (non-hydrogen) atoms. The van der Waals surface area contributed by atoms with Crippen LogP contribution in [0.15, 0.2) is 42.5 Å². The van der Waals surface area contributed by atoms with Crippen molar-refractivity contribution in [3.05, 3.63) is 58.6 Å². The van der Waals surface area contributed by atoms with Crippen LogP contribution in [0.1, 0.15) is 22.3 Å². The molecule has 3 amide bonds. The molecule has 1 saturated heterocycles. The molecule has 0 saturated carbocycles. The van der Waals surface area contributed by atoms with E-state index in [0.717, 1.165) is 5.56 Å². The summed E-state index contributed by atoms with van der Waals surface area (Å²) in [6.07, 6.45) is 0.111. The van der Waals surface area contributed by atoms with Gasteiger partial charge in [0, 0.05) is 37.1 Å². The van der Waals surface area contributed by atoms with Crippen molar-refractivity contribution in [2.75, 3.05) is 25.6 Å². The topological polar surface area (TPSA) is 87.7 Å². The van der Waals surface area contributed by atoms with Gasteiger partial charge in [0.2, 0.25) is 11.8 Å². The molecule has 0 spiro atoms. The molecule has 0 aliphatic carbocycles. The fourth-order valence-corrected chi connectivity index (χ4v) is 3.46. The van der Waals surface area contributed by atoms with Crippen molar-refractivity contribution in [2.24, 2.45) is 5.92 Å². The fourth-order valence-electron chi connectivity index (χ4n) is 3.29. The number of ether oxygens (including phenoxy) is 1. The number of carbonyl (C=O) groups excluding carboxylic acids is 3. The van der Waals surface area contributed by atoms with E-state index in [2.05, 4.69) is 10.6 Å². The summed E-state index contributed by atoms with van der Waals surface area (Å²) in [5, 5.41) is 5.90. The lowest BCUT2D eigenvalue weighted by Gasteiger charge is -2.20. The highest BCUT2D eigenvalue weighted by Gasteiger charge is 2.36. The molecule has 152 valence electrons. The lowest BCUT2D eigenvalue weighted by atomic mass is 10.1. The smallest absolute Gasteiger partial charge is 0.251 e. The Bertz CT molecular complexity index is 947. The van der Waals surface area contributed by atoms with Gasteiger partial charge in [0.25, 0.3) is 5.91 Å². The van der Waals surface area contributed by atoms with E-state index in [9.17, 15) is 14.4 Å². The number of hydrogen-bond acceptors (Lipinski definition) is 4. The number of anilines is 1. The van der Waals surface area contributed by atoms with Gasteiger partial charge >= 0.3 is 0 Å². The maximum Gasteiger partial charge on any atom is 0.251 e. The van der Waals surface area contributed by atoms with Gasteiger partial charge in [-0.3, -0.25) is 14.4 Å². The predicted octanol–water partition coefficient (Wildman–Crippen LogP) is 2.38. The molecule has 8 heteroatoms. The van der Waals surface area contributed by atoms with Gasteiger partial charge in [-0.15, -0.1) is 0 Å². The van der Waals surface area contributed by atoms with E-state index in [1.807, 2.05) is 6.07 Å². The molecular weight excluding hydrogens is 394 g/mol. The average Bonchev–Trinajstić information content (AvgIpc) is 3.13. The molecule has 2 aromatic rings. The molecule has 0 bridgehead atoms. The number of benzene rings is 2. The summed E-state index contributed by atoms with van der Waals surface area (Å²) in [7, 11) is 3.08. The van der Waals surface area contributed by atoms with E-state index < -0.39 is 5.92 Å². The number of nitrogens with one attached hydrogen (secondary N) is 2. The molecule has 1 atom stereocenters. The van der Waals surface area contributed by atoms with Crippen LogP contribution in [-0.4, -0.2) is 38.4 Å². The second kappa shape index (κ2) is 8.96. The van der Waals surface area contributed by atoms with E-state index in [4.69, 9.17) is 16.3 Å². The molecule has 0 aromatic heterocycles. The zero-order chi connectivity index (χ0) is 21.0. The Labute approximate surface area is 174 Å². The Hall–Kier alpha value is -3.06. The first-order valence-corrected chi connectivity index (χ1v) is 9.53. The molecule has 2 aromatic carbocycles. The van der Waals surface area contributed by atoms with Gasteiger partial charge < -0.3 is 20.3 Å². The molecular formula is C21H22ClN3O4. The average molecular weight is 416 g/mol. The molecule has 1 unspecified atom stereocenters. The first kappa shape index (κ1) is 20.7. The number of halogens is 1. The maximum atomic E-state index is 12.6. The highest BCUT2D eigenvalue weighted by atomic mass is 35.5. The largest absolute Gasteiger partial charge is 0.495 e. The van der Waals surface area contributed by atoms with Crippen molar-refractivity contribution in [1.29, 1.82) is 0 Å². The van der Waals surface area contributed by atoms with Gasteiger partial charge in [0.15, 0.2) is 0 Å². The Morgan fingerprint density at radius 1 is 1.24 bits per heavy atom. The highest BCUT2D eigenvalue weighted by Crippen LogP contribution is 2.35. The first-order valence-electron chi connectivity index (χ1n) is 9.15. The summed E-state index contributed by atoms with van der Waals surface area (Å²) in [4.78, 5) is 38.4. The van der Waals surface area contributed by atoms with Gasteiger partial charge in [-0.2, -0.15) is 0 Å². The first-order chi connectivity index (χ1) is 13.9. The third kappa shape index (κ3) is 4.68. The van der Waals surface area contributed by atoms with E-state index >= 15 is 0 Å². The highest BCUT2D eigenvalue weighted by molar-refractivity contribution is 6.31. The minimum absolute atomic E-state index is 0.111. The van der Waals surface area contributed by atoms with E-state index in [1.165, 1.54) is 12.0 Å². The Morgan fingerprint density at radius 2 is 2.03 bits per heavy atom. The molecule has 1 fully saturated rings. The normalized spacial score (nSPS) is 15.9. The van der Waals surface area contributed by atoms with Crippen molar-refractivity contribution in [3.8, 4) is 5.75 Å². The van der Waals surface area contributed by atoms with Crippen LogP contribution >= 0.6 is 11.6 Å². The van der Waals surface area contributed by atoms with Crippen LogP contribution in [0.3, 0.4) is 0 Å². The van der Waals surface area contributed by atoms with Crippen LogP contribution in [-0.2, 0) is 16.1 Å². The summed E-state index contributed by atoms with van der Waals surface area (Å²) in [5.74, 6) is -0.520. The third-order valence-electron chi connectivity index (χ3n) is 4.81. The summed E-state index contributed by atoms with van der Waals surface area (Å²) in [6, 6.07) is 12.0. The van der Waals surface area contributed by atoms with E-state index in [0.29, 0.717) is 22.0 Å². The zero-order valence-electron chi connectivity index (χ0n) is 16.2. The van der Waals surface area contributed by atoms with Gasteiger partial charge in [0.05, 0.1) is 18.7 Å². The van der Waals surface area contributed by atoms with Crippen molar-refractivity contribution >= 4 is 35.0 Å². The van der Waals surface area contributed by atoms with Crippen molar-refractivity contribution in [2.45, 2.75) is 13.0 Å². The van der Waals surface area contributed by atoms with Crippen molar-refractivity contribution < 1.29 is 19.1 Å². The van der Waals surface area contributed by atoms with Crippen LogP contribution in [0.5, 0.6) is 5.75 Å². The van der Waals surface area contributed by atoms with Crippen molar-refractivity contribution in [3.63, 3.8) is 0 Å². The van der Waals surface area contributed by atoms with Gasteiger partial charge in [-0.25, -0.2) is 0 Å². The van der Waals surface area contributed by atoms with Crippen LogP contribution in [0.2, 0.25) is 5.02 Å². The number of amides is 3. The van der Waals surface area contributed by atoms with Gasteiger partial charge in [0.1, 0.15) is 5.75 Å². The van der Waals surface area contributed by atoms with Crippen LogP contribution in [0.4, 0.5) is 5.69 Å². The molecule has 3 rings (SSSR count). The van der Waals surface area contributed by atoms with Crippen LogP contribution < -0.4 is 20.3 Å². The number of methoxy groups -OCH3 is 1. The molecule has 0 radical (unpaired) electrons. The lowest BCUT2D eigenvalue weighted by molar-refractivity contribution is -0.126. The Morgan fingerprint density at radius 3 is 2.76 bits per heavy atom. The summed E-state index contributed by atoms with van der Waals surface area (Å²) in [5.41, 5.74) is 1.88. The Kier molecular flexibility index (Phi) is 6.39. The minimum Gasteiger partial charge on any atom is -0.495 e. The SMILES string of the molecule is CNC(=O)c1cccc(CNC(=O)C2CC(=O)N(c3cc(Cl)ccc3OC)C2)c1. The fraction of sp³-hybridized carbons (Fsp3) is 0.286. The number of rotatable bonds is 6. The quantitative estimate of drug-likeness (QED) is 0.758. The second-order valence-corrected chi connectivity index (χ2v) is 7.16. The van der Waals surface area contributed by atoms with E-state index in [1.54, 1.807) is 43.4 Å². The lowest BCUT2D eigenvalue weighted by Crippen LogP contribution is -2.32. The number of nitrogens with zero attached hydrogens (tertiary/aromatic N) is 1. The minimum atomic E-state index is -0.478. The molecule has 2 N–H and O–H groups in total. The second-order valence-electron chi connectivity index (χ2n) is 6.72. The van der Waals surface area contributed by atoms with Gasteiger partial charge in [-0.05, 0) is 35.9 Å². The van der Waals surface area contributed by atoms with Crippen LogP contribution in [0.25, 0.3) is 0 Å². The maximum absolute atomic E-state index is 12.6. The molecule has 7 nitrogen and oxygen atoms in total. The standard InChI is InChI=1S/C21H22ClN3O4/c1-23-20(27)14-5-3-4-13(8-14)11-24-21(28)15-9-19(26)25(12-15)17-10-16(22)6-7-18(17)29-2/h3-8,10,15H,9,11-12H2,1-2H3,(H,23,27)(H,24,28). The monoisotopic (exact) mass is 415 g/mol. The van der Waals surface area contributed by atoms with Crippen molar-refractivity contribution in [1.82, 2.24) is 10.6 Å². The van der Waals surface area contributed by atoms with E-state index in [-0.39, 0.29) is 37.2 Å². The number of carbonyl (C=O) groups is 3. The molecule has 1 heterocycles. The summed E-state index contributed by atoms with van der Waals surface area (Å²) < 4.78 is 5.32. The predicted molar refractivity (Wildman–Crippen MR) is 110 cm³/mol. The molecule has 1 aliphatic rings. The van der Waals surface area contributed by atoms with Gasteiger partial charge in [-0.1, -0.05) is 23.7 Å². The summed E-state index contributed by atoms with van der Waals surface area (Å²) >= 11 is 6.06. The third-order valence-corrected chi connectivity index (χ3v) is 5.05. The Balaban J connectivity index is 1.65. The molecule has 1 aliphatic heterocycles. The zero-order valence-corrected chi connectivity index (χ0v) is 17.0. The summed E-state index contributed by atoms with van der Waals surface area (Å²) in [6.45, 7) is 0.522. The van der Waals surface area contributed by atoms with Crippen LogP contribution in [0, 0.1) is 5.92 Å². The number of hydrogen-bond donors (Lipinski definition) is 2.